The van der Waals surface area contributed by atoms with Crippen LogP contribution in [-0.4, -0.2) is 29.8 Å². The van der Waals surface area contributed by atoms with Crippen molar-refractivity contribution in [2.45, 2.75) is 11.8 Å². The van der Waals surface area contributed by atoms with Crippen molar-refractivity contribution >= 4 is 17.7 Å². The van der Waals surface area contributed by atoms with Crippen LogP contribution in [-0.2, 0) is 9.59 Å². The molecule has 3 aromatic rings. The van der Waals surface area contributed by atoms with Gasteiger partial charge in [-0.05, 0) is 46.5 Å². The molecule has 158 valence electrons. The summed E-state index contributed by atoms with van der Waals surface area (Å²) >= 11 is 0. The number of benzene rings is 3. The maximum Gasteiger partial charge on any atom is 0.270 e. The first-order valence-corrected chi connectivity index (χ1v) is 10.6. The quantitative estimate of drug-likeness (QED) is 0.655. The van der Waals surface area contributed by atoms with Gasteiger partial charge in [0.1, 0.15) is 5.75 Å². The lowest BCUT2D eigenvalue weighted by Gasteiger charge is -2.45. The molecule has 6 heteroatoms. The van der Waals surface area contributed by atoms with Crippen LogP contribution in [0.1, 0.15) is 44.4 Å². The summed E-state index contributed by atoms with van der Waals surface area (Å²) in [6.45, 7) is 0. The fourth-order valence-electron chi connectivity index (χ4n) is 5.70. The van der Waals surface area contributed by atoms with E-state index in [2.05, 4.69) is 29.7 Å². The third-order valence-electron chi connectivity index (χ3n) is 7.01. The Morgan fingerprint density at radius 1 is 0.750 bits per heavy atom. The smallest absolute Gasteiger partial charge is 0.270 e. The van der Waals surface area contributed by atoms with E-state index in [1.807, 2.05) is 24.3 Å². The van der Waals surface area contributed by atoms with Gasteiger partial charge in [0.05, 0.1) is 18.9 Å². The molecule has 2 atom stereocenters. The molecule has 3 amide bonds. The summed E-state index contributed by atoms with van der Waals surface area (Å²) in [6.07, 6.45) is 0. The minimum absolute atomic E-state index is 0.197. The van der Waals surface area contributed by atoms with Gasteiger partial charge in [-0.1, -0.05) is 48.5 Å². The van der Waals surface area contributed by atoms with Crippen LogP contribution in [0.3, 0.4) is 0 Å². The zero-order valence-electron chi connectivity index (χ0n) is 17.3. The van der Waals surface area contributed by atoms with Crippen molar-refractivity contribution in [3.63, 3.8) is 0 Å². The van der Waals surface area contributed by atoms with Gasteiger partial charge in [0.2, 0.25) is 0 Å². The molecule has 3 aromatic carbocycles. The summed E-state index contributed by atoms with van der Waals surface area (Å²) in [7, 11) is 1.54. The second-order valence-electron chi connectivity index (χ2n) is 8.45. The number of imide groups is 1. The maximum atomic E-state index is 13.5. The van der Waals surface area contributed by atoms with Crippen LogP contribution >= 0.6 is 0 Å². The van der Waals surface area contributed by atoms with Crippen LogP contribution in [0.4, 0.5) is 0 Å². The number of carbonyl (C=O) groups is 3. The fraction of sp³-hybridized carbons (Fsp3) is 0.192. The van der Waals surface area contributed by atoms with E-state index < -0.39 is 17.7 Å². The minimum atomic E-state index is -0.520. The number of ether oxygens (including phenoxy) is 1. The molecule has 0 radical (unpaired) electrons. The van der Waals surface area contributed by atoms with Crippen molar-refractivity contribution in [1.29, 1.82) is 0 Å². The van der Waals surface area contributed by atoms with E-state index in [-0.39, 0.29) is 23.7 Å². The highest BCUT2D eigenvalue weighted by Gasteiger charge is 2.62. The summed E-state index contributed by atoms with van der Waals surface area (Å²) in [6, 6.07) is 22.6. The predicted octanol–water partition coefficient (Wildman–Crippen LogP) is 3.23. The van der Waals surface area contributed by atoms with Gasteiger partial charge in [-0.3, -0.25) is 19.8 Å². The number of hydrogen-bond donors (Lipinski definition) is 1. The number of rotatable bonds is 3. The summed E-state index contributed by atoms with van der Waals surface area (Å²) in [5.41, 5.74) is 7.30. The van der Waals surface area contributed by atoms with Crippen molar-refractivity contribution in [2.24, 2.45) is 11.8 Å². The third kappa shape index (κ3) is 2.43. The molecule has 0 aromatic heterocycles. The molecule has 1 fully saturated rings. The van der Waals surface area contributed by atoms with Crippen LogP contribution < -0.4 is 10.2 Å². The normalized spacial score (nSPS) is 24.6. The van der Waals surface area contributed by atoms with Gasteiger partial charge in [-0.15, -0.1) is 0 Å². The molecule has 32 heavy (non-hydrogen) atoms. The molecular weight excluding hydrogens is 404 g/mol. The molecule has 0 spiro atoms. The number of amides is 3. The van der Waals surface area contributed by atoms with Crippen LogP contribution in [0.25, 0.3) is 0 Å². The Hall–Kier alpha value is -3.93. The molecular formula is C26H20N2O4. The molecule has 0 unspecified atom stereocenters. The average molecular weight is 424 g/mol. The molecule has 1 heterocycles. The molecule has 1 saturated heterocycles. The monoisotopic (exact) mass is 424 g/mol. The fourth-order valence-corrected chi connectivity index (χ4v) is 5.70. The highest BCUT2D eigenvalue weighted by atomic mass is 16.5. The van der Waals surface area contributed by atoms with Crippen molar-refractivity contribution in [1.82, 2.24) is 10.4 Å². The number of nitrogens with zero attached hydrogens (tertiary/aromatic N) is 1. The molecule has 4 aliphatic rings. The molecule has 1 aliphatic heterocycles. The van der Waals surface area contributed by atoms with Gasteiger partial charge in [0, 0.05) is 17.4 Å². The van der Waals surface area contributed by atoms with Crippen LogP contribution in [0.5, 0.6) is 5.75 Å². The summed E-state index contributed by atoms with van der Waals surface area (Å²) in [4.78, 5) is 39.8. The average Bonchev–Trinajstić information content (AvgIpc) is 3.09. The van der Waals surface area contributed by atoms with Gasteiger partial charge < -0.3 is 4.74 Å². The molecule has 7 rings (SSSR count). The number of hydrogen-bond acceptors (Lipinski definition) is 4. The summed E-state index contributed by atoms with van der Waals surface area (Å²) < 4.78 is 5.12. The lowest BCUT2D eigenvalue weighted by Crippen LogP contribution is -2.46. The number of carbonyl (C=O) groups excluding carboxylic acids is 3. The Morgan fingerprint density at radius 2 is 1.19 bits per heavy atom. The number of methoxy groups -OCH3 is 1. The Balaban J connectivity index is 1.38. The standard InChI is InChI=1S/C26H20N2O4/c1-32-15-12-10-14(11-13-15)24(29)27-28-25(30)22-20-16-6-2-3-7-17(16)21(23(22)26(28)31)19-9-5-4-8-18(19)20/h2-13,20-23H,1H3,(H,27,29)/t20?,21?,22-,23-/m1/s1. The van der Waals surface area contributed by atoms with Crippen molar-refractivity contribution in [3.05, 3.63) is 101 Å². The predicted molar refractivity (Wildman–Crippen MR) is 116 cm³/mol. The van der Waals surface area contributed by atoms with Crippen molar-refractivity contribution in [3.8, 4) is 5.75 Å². The van der Waals surface area contributed by atoms with Crippen LogP contribution in [0.2, 0.25) is 0 Å². The second kappa shape index (κ2) is 6.79. The first kappa shape index (κ1) is 18.8. The minimum Gasteiger partial charge on any atom is -0.497 e. The Labute approximate surface area is 184 Å². The Morgan fingerprint density at radius 3 is 1.59 bits per heavy atom. The van der Waals surface area contributed by atoms with E-state index in [9.17, 15) is 14.4 Å². The zero-order chi connectivity index (χ0) is 22.0. The Kier molecular flexibility index (Phi) is 3.99. The lowest BCUT2D eigenvalue weighted by atomic mass is 9.55. The molecule has 0 saturated carbocycles. The van der Waals surface area contributed by atoms with Gasteiger partial charge >= 0.3 is 0 Å². The van der Waals surface area contributed by atoms with Crippen molar-refractivity contribution in [2.75, 3.05) is 7.11 Å². The lowest BCUT2D eigenvalue weighted by molar-refractivity contribution is -0.142. The van der Waals surface area contributed by atoms with E-state index >= 15 is 0 Å². The molecule has 2 bridgehead atoms. The topological polar surface area (TPSA) is 75.7 Å². The first-order chi connectivity index (χ1) is 15.6. The zero-order valence-corrected chi connectivity index (χ0v) is 17.3. The maximum absolute atomic E-state index is 13.5. The van der Waals surface area contributed by atoms with E-state index in [4.69, 9.17) is 4.74 Å². The van der Waals surface area contributed by atoms with E-state index in [1.54, 1.807) is 31.4 Å². The van der Waals surface area contributed by atoms with Gasteiger partial charge in [-0.25, -0.2) is 0 Å². The number of hydrazine groups is 1. The molecule has 1 N–H and O–H groups in total. The summed E-state index contributed by atoms with van der Waals surface area (Å²) in [5.74, 6) is -2.01. The summed E-state index contributed by atoms with van der Waals surface area (Å²) in [5, 5.41) is 0.944. The first-order valence-electron chi connectivity index (χ1n) is 10.6. The SMILES string of the molecule is COc1ccc(C(=O)NN2C(=O)[C@@H]3C4c5ccccc5C(c5ccccc54)[C@H]3C2=O)cc1. The highest BCUT2D eigenvalue weighted by molar-refractivity contribution is 6.09. The van der Waals surface area contributed by atoms with E-state index in [0.29, 0.717) is 11.3 Å². The largest absolute Gasteiger partial charge is 0.497 e. The van der Waals surface area contributed by atoms with Crippen molar-refractivity contribution < 1.29 is 19.1 Å². The molecule has 3 aliphatic carbocycles. The highest BCUT2D eigenvalue weighted by Crippen LogP contribution is 2.60. The second-order valence-corrected chi connectivity index (χ2v) is 8.45. The Bertz CT molecular complexity index is 1170. The van der Waals surface area contributed by atoms with Crippen LogP contribution in [0, 0.1) is 11.8 Å². The van der Waals surface area contributed by atoms with Gasteiger partial charge in [0.15, 0.2) is 0 Å². The van der Waals surface area contributed by atoms with E-state index in [1.165, 1.54) is 0 Å². The van der Waals surface area contributed by atoms with E-state index in [0.717, 1.165) is 27.3 Å². The molecule has 6 nitrogen and oxygen atoms in total. The number of nitrogens with one attached hydrogen (secondary N) is 1. The van der Waals surface area contributed by atoms with Gasteiger partial charge in [-0.2, -0.15) is 5.01 Å². The third-order valence-corrected chi connectivity index (χ3v) is 7.01. The van der Waals surface area contributed by atoms with Gasteiger partial charge in [0.25, 0.3) is 17.7 Å². The van der Waals surface area contributed by atoms with Crippen LogP contribution in [0.15, 0.2) is 72.8 Å².